The maximum Gasteiger partial charge on any atom is 0.0828 e. The van der Waals surface area contributed by atoms with E-state index in [1.54, 1.807) is 25.1 Å². The highest BCUT2D eigenvalue weighted by molar-refractivity contribution is 6.31. The lowest BCUT2D eigenvalue weighted by molar-refractivity contribution is 0.0908. The van der Waals surface area contributed by atoms with Crippen molar-refractivity contribution in [1.29, 1.82) is 0 Å². The van der Waals surface area contributed by atoms with Crippen molar-refractivity contribution in [3.63, 3.8) is 0 Å². The molecule has 0 unspecified atom stereocenters. The summed E-state index contributed by atoms with van der Waals surface area (Å²) in [5.41, 5.74) is 0.671. The first kappa shape index (κ1) is 10.5. The van der Waals surface area contributed by atoms with Crippen LogP contribution in [0, 0.1) is 0 Å². The van der Waals surface area contributed by atoms with Gasteiger partial charge < -0.3 is 10.2 Å². The first-order valence-electron chi connectivity index (χ1n) is 4.22. The molecule has 2 nitrogen and oxygen atoms in total. The fourth-order valence-electron chi connectivity index (χ4n) is 1.20. The van der Waals surface area contributed by atoms with Crippen LogP contribution in [0.1, 0.15) is 25.0 Å². The average molecular weight is 201 g/mol. The van der Waals surface area contributed by atoms with Crippen LogP contribution in [0.2, 0.25) is 5.02 Å². The summed E-state index contributed by atoms with van der Waals surface area (Å²) in [5.74, 6) is 0. The van der Waals surface area contributed by atoms with Gasteiger partial charge in [0.1, 0.15) is 0 Å². The standard InChI is InChI=1S/C10H13ClO2/c1-7(12)6-10(13)8-4-2-3-5-9(8)11/h2-5,7,10,12-13H,6H2,1H3/t7-,10+/m0/s1. The molecule has 0 bridgehead atoms. The van der Waals surface area contributed by atoms with Gasteiger partial charge in [0, 0.05) is 11.4 Å². The molecule has 0 aliphatic rings. The number of hydrogen-bond acceptors (Lipinski definition) is 2. The van der Waals surface area contributed by atoms with E-state index in [1.807, 2.05) is 6.07 Å². The van der Waals surface area contributed by atoms with Gasteiger partial charge in [0.05, 0.1) is 12.2 Å². The minimum Gasteiger partial charge on any atom is -0.393 e. The Labute approximate surface area is 82.8 Å². The Morgan fingerprint density at radius 2 is 1.92 bits per heavy atom. The lowest BCUT2D eigenvalue weighted by Crippen LogP contribution is -2.08. The van der Waals surface area contributed by atoms with Crippen LogP contribution < -0.4 is 0 Å². The zero-order valence-corrected chi connectivity index (χ0v) is 8.20. The second kappa shape index (κ2) is 4.61. The molecule has 0 radical (unpaired) electrons. The Balaban J connectivity index is 2.76. The Morgan fingerprint density at radius 1 is 1.31 bits per heavy atom. The number of hydrogen-bond donors (Lipinski definition) is 2. The number of rotatable bonds is 3. The second-order valence-corrected chi connectivity index (χ2v) is 3.53. The van der Waals surface area contributed by atoms with Crippen LogP contribution in [-0.2, 0) is 0 Å². The zero-order chi connectivity index (χ0) is 9.84. The summed E-state index contributed by atoms with van der Waals surface area (Å²) in [4.78, 5) is 0. The van der Waals surface area contributed by atoms with E-state index in [1.165, 1.54) is 0 Å². The summed E-state index contributed by atoms with van der Waals surface area (Å²) < 4.78 is 0. The van der Waals surface area contributed by atoms with Crippen molar-refractivity contribution >= 4 is 11.6 Å². The third-order valence-electron chi connectivity index (χ3n) is 1.83. The van der Waals surface area contributed by atoms with Crippen molar-refractivity contribution in [2.75, 3.05) is 0 Å². The first-order valence-corrected chi connectivity index (χ1v) is 4.59. The van der Waals surface area contributed by atoms with E-state index in [4.69, 9.17) is 16.7 Å². The quantitative estimate of drug-likeness (QED) is 0.785. The van der Waals surface area contributed by atoms with Gasteiger partial charge in [-0.15, -0.1) is 0 Å². The zero-order valence-electron chi connectivity index (χ0n) is 7.44. The summed E-state index contributed by atoms with van der Waals surface area (Å²) in [6.45, 7) is 1.64. The van der Waals surface area contributed by atoms with Gasteiger partial charge in [0.15, 0.2) is 0 Å². The van der Waals surface area contributed by atoms with Gasteiger partial charge in [-0.2, -0.15) is 0 Å². The molecule has 1 rings (SSSR count). The fourth-order valence-corrected chi connectivity index (χ4v) is 1.46. The smallest absolute Gasteiger partial charge is 0.0828 e. The van der Waals surface area contributed by atoms with Crippen molar-refractivity contribution in [2.45, 2.75) is 25.6 Å². The Bertz CT molecular complexity index is 273. The molecule has 0 heterocycles. The van der Waals surface area contributed by atoms with Gasteiger partial charge in [0.25, 0.3) is 0 Å². The molecule has 0 aliphatic carbocycles. The molecule has 2 atom stereocenters. The van der Waals surface area contributed by atoms with E-state index in [-0.39, 0.29) is 0 Å². The van der Waals surface area contributed by atoms with Crippen molar-refractivity contribution in [3.05, 3.63) is 34.9 Å². The molecular weight excluding hydrogens is 188 g/mol. The SMILES string of the molecule is C[C@H](O)C[C@@H](O)c1ccccc1Cl. The topological polar surface area (TPSA) is 40.5 Å². The molecular formula is C10H13ClO2. The highest BCUT2D eigenvalue weighted by Crippen LogP contribution is 2.25. The van der Waals surface area contributed by atoms with Crippen molar-refractivity contribution in [2.24, 2.45) is 0 Å². The number of benzene rings is 1. The molecule has 1 aromatic carbocycles. The van der Waals surface area contributed by atoms with Gasteiger partial charge >= 0.3 is 0 Å². The third kappa shape index (κ3) is 2.99. The Hall–Kier alpha value is -0.570. The van der Waals surface area contributed by atoms with E-state index >= 15 is 0 Å². The fraction of sp³-hybridized carbons (Fsp3) is 0.400. The largest absolute Gasteiger partial charge is 0.393 e. The summed E-state index contributed by atoms with van der Waals surface area (Å²) >= 11 is 5.86. The summed E-state index contributed by atoms with van der Waals surface area (Å²) in [6, 6.07) is 7.10. The number of aliphatic hydroxyl groups is 2. The van der Waals surface area contributed by atoms with Gasteiger partial charge in [-0.1, -0.05) is 29.8 Å². The van der Waals surface area contributed by atoms with E-state index in [2.05, 4.69) is 0 Å². The molecule has 0 saturated heterocycles. The summed E-state index contributed by atoms with van der Waals surface area (Å²) in [5, 5.41) is 19.2. The van der Waals surface area contributed by atoms with Gasteiger partial charge in [-0.3, -0.25) is 0 Å². The minimum absolute atomic E-state index is 0.309. The average Bonchev–Trinajstić information content (AvgIpc) is 2.03. The Kier molecular flexibility index (Phi) is 3.72. The van der Waals surface area contributed by atoms with Gasteiger partial charge in [0.2, 0.25) is 0 Å². The summed E-state index contributed by atoms with van der Waals surface area (Å²) in [7, 11) is 0. The molecule has 1 aromatic rings. The third-order valence-corrected chi connectivity index (χ3v) is 2.17. The molecule has 13 heavy (non-hydrogen) atoms. The van der Waals surface area contributed by atoms with Crippen molar-refractivity contribution < 1.29 is 10.2 Å². The van der Waals surface area contributed by atoms with Crippen LogP contribution in [0.4, 0.5) is 0 Å². The van der Waals surface area contributed by atoms with E-state index in [9.17, 15) is 5.11 Å². The maximum absolute atomic E-state index is 9.63. The predicted molar refractivity (Wildman–Crippen MR) is 52.7 cm³/mol. The second-order valence-electron chi connectivity index (χ2n) is 3.12. The van der Waals surface area contributed by atoms with Crippen molar-refractivity contribution in [3.8, 4) is 0 Å². The van der Waals surface area contributed by atoms with Crippen LogP contribution in [-0.4, -0.2) is 16.3 Å². The van der Waals surface area contributed by atoms with Crippen LogP contribution in [0.25, 0.3) is 0 Å². The van der Waals surface area contributed by atoms with E-state index < -0.39 is 12.2 Å². The molecule has 2 N–H and O–H groups in total. The van der Waals surface area contributed by atoms with Gasteiger partial charge in [-0.25, -0.2) is 0 Å². The molecule has 0 amide bonds. The van der Waals surface area contributed by atoms with Crippen LogP contribution in [0.3, 0.4) is 0 Å². The van der Waals surface area contributed by atoms with Crippen LogP contribution in [0.15, 0.2) is 24.3 Å². The molecule has 0 fully saturated rings. The highest BCUT2D eigenvalue weighted by Gasteiger charge is 2.12. The first-order chi connectivity index (χ1) is 6.11. The molecule has 0 aliphatic heterocycles. The highest BCUT2D eigenvalue weighted by atomic mass is 35.5. The molecule has 0 aromatic heterocycles. The predicted octanol–water partition coefficient (Wildman–Crippen LogP) is 2.14. The molecule has 0 saturated carbocycles. The molecule has 0 spiro atoms. The van der Waals surface area contributed by atoms with Gasteiger partial charge in [-0.05, 0) is 18.6 Å². The molecule has 3 heteroatoms. The monoisotopic (exact) mass is 200 g/mol. The van der Waals surface area contributed by atoms with Crippen molar-refractivity contribution in [1.82, 2.24) is 0 Å². The lowest BCUT2D eigenvalue weighted by atomic mass is 10.0. The number of aliphatic hydroxyl groups excluding tert-OH is 2. The minimum atomic E-state index is -0.686. The normalized spacial score (nSPS) is 15.4. The van der Waals surface area contributed by atoms with E-state index in [0.717, 1.165) is 0 Å². The maximum atomic E-state index is 9.63. The Morgan fingerprint density at radius 3 is 2.46 bits per heavy atom. The van der Waals surface area contributed by atoms with Crippen LogP contribution in [0.5, 0.6) is 0 Å². The summed E-state index contributed by atoms with van der Waals surface area (Å²) in [6.07, 6.45) is -0.899. The van der Waals surface area contributed by atoms with Crippen LogP contribution >= 0.6 is 11.6 Å². The molecule has 72 valence electrons. The van der Waals surface area contributed by atoms with E-state index in [0.29, 0.717) is 17.0 Å². The lowest BCUT2D eigenvalue weighted by Gasteiger charge is -2.13. The number of halogens is 1.